The van der Waals surface area contributed by atoms with Crippen molar-refractivity contribution in [1.82, 2.24) is 0 Å². The van der Waals surface area contributed by atoms with Crippen molar-refractivity contribution in [3.8, 4) is 22.6 Å². The highest BCUT2D eigenvalue weighted by atomic mass is 19.2. The van der Waals surface area contributed by atoms with Crippen molar-refractivity contribution < 1.29 is 22.6 Å². The number of rotatable bonds is 8. The second-order valence-electron chi connectivity index (χ2n) is 8.69. The Labute approximate surface area is 199 Å². The Morgan fingerprint density at radius 3 is 2.26 bits per heavy atom. The molecular weight excluding hydrogens is 437 g/mol. The molecule has 0 aromatic heterocycles. The zero-order valence-corrected chi connectivity index (χ0v) is 19.3. The molecule has 3 aromatic carbocycles. The highest BCUT2D eigenvalue weighted by Gasteiger charge is 2.25. The number of halogens is 3. The Bertz CT molecular complexity index is 1130. The monoisotopic (exact) mass is 466 g/mol. The van der Waals surface area contributed by atoms with Gasteiger partial charge >= 0.3 is 0 Å². The van der Waals surface area contributed by atoms with E-state index in [4.69, 9.17) is 9.47 Å². The lowest BCUT2D eigenvalue weighted by molar-refractivity contribution is 0.287. The topological polar surface area (TPSA) is 18.5 Å². The lowest BCUT2D eigenvalue weighted by Crippen LogP contribution is -2.13. The Morgan fingerprint density at radius 1 is 0.882 bits per heavy atom. The summed E-state index contributed by atoms with van der Waals surface area (Å²) in [4.78, 5) is 0. The maximum atomic E-state index is 15.0. The summed E-state index contributed by atoms with van der Waals surface area (Å²) in [7, 11) is 0. The van der Waals surface area contributed by atoms with Crippen LogP contribution in [0.5, 0.6) is 11.5 Å². The Morgan fingerprint density at radius 2 is 1.62 bits per heavy atom. The minimum atomic E-state index is -0.816. The highest BCUT2D eigenvalue weighted by molar-refractivity contribution is 5.65. The number of ether oxygens (including phenoxy) is 2. The molecule has 0 bridgehead atoms. The van der Waals surface area contributed by atoms with Crippen molar-refractivity contribution in [2.24, 2.45) is 5.92 Å². The van der Waals surface area contributed by atoms with Gasteiger partial charge in [0.15, 0.2) is 23.2 Å². The molecule has 34 heavy (non-hydrogen) atoms. The molecule has 178 valence electrons. The molecule has 0 unspecified atom stereocenters. The first kappa shape index (κ1) is 23.9. The summed E-state index contributed by atoms with van der Waals surface area (Å²) in [6, 6.07) is 14.8. The van der Waals surface area contributed by atoms with Gasteiger partial charge in [0.1, 0.15) is 12.4 Å². The van der Waals surface area contributed by atoms with Gasteiger partial charge in [0.25, 0.3) is 0 Å². The van der Waals surface area contributed by atoms with Crippen LogP contribution in [0.3, 0.4) is 0 Å². The van der Waals surface area contributed by atoms with E-state index >= 15 is 0 Å². The smallest absolute Gasteiger partial charge is 0.168 e. The average molecular weight is 467 g/mol. The third-order valence-electron chi connectivity index (χ3n) is 6.53. The Kier molecular flexibility index (Phi) is 7.61. The predicted molar refractivity (Wildman–Crippen MR) is 129 cm³/mol. The molecule has 4 rings (SSSR count). The lowest BCUT2D eigenvalue weighted by atomic mass is 9.78. The number of allylic oxidation sites excluding steroid dienone is 1. The predicted octanol–water partition coefficient (Wildman–Crippen LogP) is 8.21. The molecule has 1 aliphatic carbocycles. The fourth-order valence-corrected chi connectivity index (χ4v) is 4.57. The van der Waals surface area contributed by atoms with Gasteiger partial charge in [0.05, 0.1) is 6.61 Å². The zero-order valence-electron chi connectivity index (χ0n) is 19.3. The zero-order chi connectivity index (χ0) is 24.1. The maximum absolute atomic E-state index is 15.0. The van der Waals surface area contributed by atoms with Crippen LogP contribution in [0.1, 0.15) is 49.7 Å². The van der Waals surface area contributed by atoms with Crippen LogP contribution in [-0.4, -0.2) is 6.61 Å². The molecule has 1 aliphatic rings. The quantitative estimate of drug-likeness (QED) is 0.312. The summed E-state index contributed by atoms with van der Waals surface area (Å²) < 4.78 is 54.9. The number of hydrogen-bond donors (Lipinski definition) is 0. The Hall–Kier alpha value is -3.21. The molecule has 0 atom stereocenters. The van der Waals surface area contributed by atoms with Gasteiger partial charge in [-0.25, -0.2) is 13.2 Å². The second-order valence-corrected chi connectivity index (χ2v) is 8.69. The molecule has 0 spiro atoms. The van der Waals surface area contributed by atoms with Gasteiger partial charge in [-0.1, -0.05) is 42.5 Å². The van der Waals surface area contributed by atoms with E-state index in [-0.39, 0.29) is 23.8 Å². The van der Waals surface area contributed by atoms with E-state index in [0.29, 0.717) is 29.4 Å². The van der Waals surface area contributed by atoms with Gasteiger partial charge in [-0.05, 0) is 73.3 Å². The second kappa shape index (κ2) is 10.8. The molecule has 0 aliphatic heterocycles. The van der Waals surface area contributed by atoms with E-state index in [0.717, 1.165) is 31.2 Å². The van der Waals surface area contributed by atoms with E-state index < -0.39 is 17.5 Å². The molecule has 0 heterocycles. The minimum absolute atomic E-state index is 0.0438. The molecule has 0 radical (unpaired) electrons. The maximum Gasteiger partial charge on any atom is 0.168 e. The van der Waals surface area contributed by atoms with Crippen LogP contribution in [-0.2, 0) is 6.61 Å². The van der Waals surface area contributed by atoms with Crippen LogP contribution in [0.25, 0.3) is 11.1 Å². The molecule has 1 saturated carbocycles. The van der Waals surface area contributed by atoms with Crippen LogP contribution >= 0.6 is 0 Å². The van der Waals surface area contributed by atoms with Crippen LogP contribution < -0.4 is 9.47 Å². The SMILES string of the molecule is C=CC1CCC(c2ccc(-c3ccc(COc4ccc(OCC)cc4F)cc3)c(F)c2F)CC1. The van der Waals surface area contributed by atoms with Gasteiger partial charge < -0.3 is 9.47 Å². The van der Waals surface area contributed by atoms with E-state index in [1.54, 1.807) is 42.5 Å². The number of benzene rings is 3. The van der Waals surface area contributed by atoms with Crippen LogP contribution in [0.2, 0.25) is 0 Å². The van der Waals surface area contributed by atoms with Gasteiger partial charge in [0, 0.05) is 11.6 Å². The fourth-order valence-electron chi connectivity index (χ4n) is 4.57. The van der Waals surface area contributed by atoms with Crippen molar-refractivity contribution in [2.75, 3.05) is 6.61 Å². The lowest BCUT2D eigenvalue weighted by Gasteiger charge is -2.27. The summed E-state index contributed by atoms with van der Waals surface area (Å²) in [6.45, 7) is 6.27. The van der Waals surface area contributed by atoms with Crippen LogP contribution in [0.15, 0.2) is 67.3 Å². The Balaban J connectivity index is 1.43. The summed E-state index contributed by atoms with van der Waals surface area (Å²) in [5.41, 5.74) is 2.06. The normalized spacial score (nSPS) is 17.9. The summed E-state index contributed by atoms with van der Waals surface area (Å²) in [5.74, 6) is -0.987. The van der Waals surface area contributed by atoms with Crippen LogP contribution in [0, 0.1) is 23.4 Å². The van der Waals surface area contributed by atoms with Gasteiger partial charge in [0.2, 0.25) is 0 Å². The molecule has 1 fully saturated rings. The van der Waals surface area contributed by atoms with Gasteiger partial charge in [-0.2, -0.15) is 0 Å². The first-order chi connectivity index (χ1) is 16.5. The fraction of sp³-hybridized carbons (Fsp3) is 0.310. The molecule has 0 amide bonds. The third-order valence-corrected chi connectivity index (χ3v) is 6.53. The minimum Gasteiger partial charge on any atom is -0.494 e. The molecule has 3 aromatic rings. The van der Waals surface area contributed by atoms with Crippen molar-refractivity contribution in [3.63, 3.8) is 0 Å². The highest BCUT2D eigenvalue weighted by Crippen LogP contribution is 2.39. The van der Waals surface area contributed by atoms with Crippen molar-refractivity contribution >= 4 is 0 Å². The van der Waals surface area contributed by atoms with E-state index in [1.807, 2.05) is 13.0 Å². The molecule has 0 N–H and O–H groups in total. The van der Waals surface area contributed by atoms with Crippen LogP contribution in [0.4, 0.5) is 13.2 Å². The third kappa shape index (κ3) is 5.30. The van der Waals surface area contributed by atoms with E-state index in [2.05, 4.69) is 6.58 Å². The summed E-state index contributed by atoms with van der Waals surface area (Å²) >= 11 is 0. The molecule has 2 nitrogen and oxygen atoms in total. The first-order valence-corrected chi connectivity index (χ1v) is 11.7. The van der Waals surface area contributed by atoms with Gasteiger partial charge in [-0.3, -0.25) is 0 Å². The van der Waals surface area contributed by atoms with E-state index in [9.17, 15) is 13.2 Å². The van der Waals surface area contributed by atoms with E-state index in [1.165, 1.54) is 12.1 Å². The number of hydrogen-bond acceptors (Lipinski definition) is 2. The summed E-state index contributed by atoms with van der Waals surface area (Å²) in [6.07, 6.45) is 5.56. The molecule has 0 saturated heterocycles. The van der Waals surface area contributed by atoms with Crippen molar-refractivity contribution in [2.45, 2.75) is 45.1 Å². The summed E-state index contributed by atoms with van der Waals surface area (Å²) in [5, 5.41) is 0. The average Bonchev–Trinajstić information content (AvgIpc) is 2.86. The van der Waals surface area contributed by atoms with Crippen molar-refractivity contribution in [1.29, 1.82) is 0 Å². The molecule has 5 heteroatoms. The van der Waals surface area contributed by atoms with Gasteiger partial charge in [-0.15, -0.1) is 6.58 Å². The standard InChI is InChI=1S/C29H29F3O2/c1-3-19-5-9-21(10-6-19)24-14-15-25(29(32)28(24)31)22-11-7-20(8-12-22)18-34-27-16-13-23(33-4-2)17-26(27)30/h3,7-8,11-17,19,21H,1,4-6,9-10,18H2,2H3. The van der Waals surface area contributed by atoms with Crippen molar-refractivity contribution in [3.05, 3.63) is 95.8 Å². The largest absolute Gasteiger partial charge is 0.494 e. The molecular formula is C29H29F3O2. The first-order valence-electron chi connectivity index (χ1n) is 11.7.